The minimum Gasteiger partial charge on any atom is -0.352 e. The zero-order chi connectivity index (χ0) is 13.8. The van der Waals surface area contributed by atoms with Gasteiger partial charge in [-0.2, -0.15) is 0 Å². The van der Waals surface area contributed by atoms with Crippen LogP contribution < -0.4 is 5.32 Å². The maximum absolute atomic E-state index is 13.4. The Hall–Kier alpha value is -1.49. The van der Waals surface area contributed by atoms with Crippen LogP contribution in [0.3, 0.4) is 0 Å². The minimum absolute atomic E-state index is 0.232. The summed E-state index contributed by atoms with van der Waals surface area (Å²) < 4.78 is 26.5. The molecule has 5 heteroatoms. The number of nitrogens with zero attached hydrogens (tertiary/aromatic N) is 1. The molecule has 0 spiro atoms. The van der Waals surface area contributed by atoms with Crippen molar-refractivity contribution in [2.24, 2.45) is 5.92 Å². The lowest BCUT2D eigenvalue weighted by atomic mass is 9.98. The largest absolute Gasteiger partial charge is 0.352 e. The predicted molar refractivity (Wildman–Crippen MR) is 68.9 cm³/mol. The molecule has 1 amide bonds. The van der Waals surface area contributed by atoms with Gasteiger partial charge in [0.2, 0.25) is 0 Å². The number of halogens is 2. The molecule has 0 bridgehead atoms. The molecule has 0 saturated carbocycles. The fourth-order valence-corrected chi connectivity index (χ4v) is 2.45. The first-order chi connectivity index (χ1) is 9.08. The number of likely N-dealkylation sites (tertiary alicyclic amines) is 1. The van der Waals surface area contributed by atoms with Crippen molar-refractivity contribution in [2.45, 2.75) is 12.8 Å². The Labute approximate surface area is 111 Å². The highest BCUT2D eigenvalue weighted by molar-refractivity contribution is 5.94. The van der Waals surface area contributed by atoms with E-state index in [1.165, 1.54) is 12.1 Å². The van der Waals surface area contributed by atoms with Gasteiger partial charge in [0.25, 0.3) is 5.91 Å². The third kappa shape index (κ3) is 3.50. The monoisotopic (exact) mass is 268 g/mol. The van der Waals surface area contributed by atoms with Crippen LogP contribution >= 0.6 is 0 Å². The maximum Gasteiger partial charge on any atom is 0.254 e. The second-order valence-corrected chi connectivity index (χ2v) is 5.08. The number of nitrogens with one attached hydrogen (secondary N) is 1. The molecule has 3 nitrogen and oxygen atoms in total. The molecule has 1 aromatic carbocycles. The molecule has 0 radical (unpaired) electrons. The summed E-state index contributed by atoms with van der Waals surface area (Å²) in [5, 5.41) is 2.68. The summed E-state index contributed by atoms with van der Waals surface area (Å²) >= 11 is 0. The number of benzene rings is 1. The standard InChI is InChI=1S/C14H18F2N2O/c1-18-7-3-4-10(9-18)8-17-14(19)11-5-2-6-12(15)13(11)16/h2,5-6,10H,3-4,7-9H2,1H3,(H,17,19). The molecule has 1 N–H and O–H groups in total. The van der Waals surface area contributed by atoms with Crippen molar-refractivity contribution in [1.82, 2.24) is 10.2 Å². The number of carbonyl (C=O) groups is 1. The van der Waals surface area contributed by atoms with Gasteiger partial charge in [-0.25, -0.2) is 8.78 Å². The first-order valence-corrected chi connectivity index (χ1v) is 6.48. The van der Waals surface area contributed by atoms with Gasteiger partial charge in [-0.05, 0) is 44.5 Å². The first kappa shape index (κ1) is 13.9. The van der Waals surface area contributed by atoms with Gasteiger partial charge in [0.05, 0.1) is 5.56 Å². The lowest BCUT2D eigenvalue weighted by molar-refractivity contribution is 0.0931. The normalized spacial score (nSPS) is 20.3. The summed E-state index contributed by atoms with van der Waals surface area (Å²) in [7, 11) is 2.04. The Kier molecular flexibility index (Phi) is 4.47. The average molecular weight is 268 g/mol. The number of rotatable bonds is 3. The smallest absolute Gasteiger partial charge is 0.254 e. The molecule has 1 aromatic rings. The Balaban J connectivity index is 1.92. The SMILES string of the molecule is CN1CCCC(CNC(=O)c2cccc(F)c2F)C1. The lowest BCUT2D eigenvalue weighted by Crippen LogP contribution is -2.39. The number of hydrogen-bond donors (Lipinski definition) is 1. The summed E-state index contributed by atoms with van der Waals surface area (Å²) in [5.41, 5.74) is -0.232. The van der Waals surface area contributed by atoms with Crippen LogP contribution in [0.15, 0.2) is 18.2 Å². The van der Waals surface area contributed by atoms with E-state index in [1.54, 1.807) is 0 Å². The molecule has 104 valence electrons. The van der Waals surface area contributed by atoms with Crippen LogP contribution in [0.5, 0.6) is 0 Å². The highest BCUT2D eigenvalue weighted by Gasteiger charge is 2.19. The average Bonchev–Trinajstić information content (AvgIpc) is 2.39. The van der Waals surface area contributed by atoms with E-state index in [2.05, 4.69) is 10.2 Å². The number of carbonyl (C=O) groups excluding carboxylic acids is 1. The number of hydrogen-bond acceptors (Lipinski definition) is 2. The predicted octanol–water partition coefficient (Wildman–Crippen LogP) is 2.04. The highest BCUT2D eigenvalue weighted by atomic mass is 19.2. The molecule has 19 heavy (non-hydrogen) atoms. The zero-order valence-corrected chi connectivity index (χ0v) is 11.0. The van der Waals surface area contributed by atoms with E-state index in [4.69, 9.17) is 0 Å². The Morgan fingerprint density at radius 3 is 3.00 bits per heavy atom. The fraction of sp³-hybridized carbons (Fsp3) is 0.500. The highest BCUT2D eigenvalue weighted by Crippen LogP contribution is 2.15. The molecular formula is C14H18F2N2O. The van der Waals surface area contributed by atoms with Crippen molar-refractivity contribution in [3.8, 4) is 0 Å². The molecule has 1 unspecified atom stereocenters. The van der Waals surface area contributed by atoms with Gasteiger partial charge in [-0.1, -0.05) is 6.07 Å². The molecule has 2 rings (SSSR count). The Morgan fingerprint density at radius 2 is 2.26 bits per heavy atom. The van der Waals surface area contributed by atoms with E-state index in [0.29, 0.717) is 12.5 Å². The summed E-state index contributed by atoms with van der Waals surface area (Å²) in [6.45, 7) is 2.49. The molecule has 1 fully saturated rings. The van der Waals surface area contributed by atoms with E-state index in [-0.39, 0.29) is 5.56 Å². The van der Waals surface area contributed by atoms with Crippen LogP contribution in [-0.4, -0.2) is 37.5 Å². The van der Waals surface area contributed by atoms with Crippen molar-refractivity contribution >= 4 is 5.91 Å². The Bertz CT molecular complexity index is 465. The molecule has 1 aliphatic heterocycles. The van der Waals surface area contributed by atoms with Crippen molar-refractivity contribution in [3.05, 3.63) is 35.4 Å². The van der Waals surface area contributed by atoms with Crippen LogP contribution in [0, 0.1) is 17.6 Å². The molecule has 1 heterocycles. The topological polar surface area (TPSA) is 32.3 Å². The summed E-state index contributed by atoms with van der Waals surface area (Å²) in [6.07, 6.45) is 2.15. The summed E-state index contributed by atoms with van der Waals surface area (Å²) in [6, 6.07) is 3.63. The fourth-order valence-electron chi connectivity index (χ4n) is 2.45. The van der Waals surface area contributed by atoms with Crippen LogP contribution in [0.4, 0.5) is 8.78 Å². The van der Waals surface area contributed by atoms with Crippen molar-refractivity contribution < 1.29 is 13.6 Å². The van der Waals surface area contributed by atoms with Gasteiger partial charge in [0, 0.05) is 13.1 Å². The van der Waals surface area contributed by atoms with Crippen LogP contribution in [0.25, 0.3) is 0 Å². The van der Waals surface area contributed by atoms with Crippen LogP contribution in [0.2, 0.25) is 0 Å². The van der Waals surface area contributed by atoms with Crippen LogP contribution in [-0.2, 0) is 0 Å². The molecule has 1 atom stereocenters. The van der Waals surface area contributed by atoms with Crippen molar-refractivity contribution in [3.63, 3.8) is 0 Å². The molecular weight excluding hydrogens is 250 g/mol. The van der Waals surface area contributed by atoms with E-state index in [1.807, 2.05) is 7.05 Å². The van der Waals surface area contributed by atoms with Gasteiger partial charge in [-0.3, -0.25) is 4.79 Å². The van der Waals surface area contributed by atoms with E-state index in [0.717, 1.165) is 32.0 Å². The lowest BCUT2D eigenvalue weighted by Gasteiger charge is -2.29. The van der Waals surface area contributed by atoms with Gasteiger partial charge < -0.3 is 10.2 Å². The number of amides is 1. The van der Waals surface area contributed by atoms with Gasteiger partial charge >= 0.3 is 0 Å². The van der Waals surface area contributed by atoms with Crippen molar-refractivity contribution in [2.75, 3.05) is 26.7 Å². The van der Waals surface area contributed by atoms with Crippen molar-refractivity contribution in [1.29, 1.82) is 0 Å². The van der Waals surface area contributed by atoms with E-state index < -0.39 is 17.5 Å². The third-order valence-corrected chi connectivity index (χ3v) is 3.47. The van der Waals surface area contributed by atoms with E-state index in [9.17, 15) is 13.6 Å². The first-order valence-electron chi connectivity index (χ1n) is 6.48. The van der Waals surface area contributed by atoms with Gasteiger partial charge in [0.1, 0.15) is 0 Å². The quantitative estimate of drug-likeness (QED) is 0.910. The maximum atomic E-state index is 13.4. The minimum atomic E-state index is -1.08. The Morgan fingerprint density at radius 1 is 1.47 bits per heavy atom. The second-order valence-electron chi connectivity index (χ2n) is 5.08. The van der Waals surface area contributed by atoms with Crippen LogP contribution in [0.1, 0.15) is 23.2 Å². The molecule has 1 aliphatic rings. The molecule has 1 saturated heterocycles. The third-order valence-electron chi connectivity index (χ3n) is 3.47. The van der Waals surface area contributed by atoms with Gasteiger partial charge in [0.15, 0.2) is 11.6 Å². The summed E-state index contributed by atoms with van der Waals surface area (Å²) in [5.74, 6) is -2.25. The molecule has 0 aliphatic carbocycles. The second kappa shape index (κ2) is 6.10. The zero-order valence-electron chi connectivity index (χ0n) is 11.0. The summed E-state index contributed by atoms with van der Waals surface area (Å²) in [4.78, 5) is 14.0. The number of piperidine rings is 1. The van der Waals surface area contributed by atoms with E-state index >= 15 is 0 Å². The van der Waals surface area contributed by atoms with Gasteiger partial charge in [-0.15, -0.1) is 0 Å². The molecule has 0 aromatic heterocycles.